The first-order chi connectivity index (χ1) is 8.74. The quantitative estimate of drug-likeness (QED) is 0.805. The number of nitrogens with zero attached hydrogens (tertiary/aromatic N) is 2. The molecule has 1 aromatic heterocycles. The molecule has 18 heavy (non-hydrogen) atoms. The molecule has 4 nitrogen and oxygen atoms in total. The number of halogens is 1. The van der Waals surface area contributed by atoms with Crippen molar-refractivity contribution in [3.05, 3.63) is 51.9 Å². The van der Waals surface area contributed by atoms with E-state index in [1.165, 1.54) is 0 Å². The summed E-state index contributed by atoms with van der Waals surface area (Å²) in [4.78, 5) is 0. The Morgan fingerprint density at radius 3 is 2.78 bits per heavy atom. The third kappa shape index (κ3) is 4.40. The summed E-state index contributed by atoms with van der Waals surface area (Å²) in [6, 6.07) is 9.92. The minimum absolute atomic E-state index is 0.311. The lowest BCUT2D eigenvalue weighted by Gasteiger charge is -2.11. The maximum absolute atomic E-state index is 9.80. The monoisotopic (exact) mass is 358 g/mol. The van der Waals surface area contributed by atoms with Crippen LogP contribution in [0.15, 0.2) is 42.7 Å². The van der Waals surface area contributed by atoms with Crippen LogP contribution in [0, 0.1) is 3.57 Å². The summed E-state index contributed by atoms with van der Waals surface area (Å²) in [5.74, 6) is 0. The molecule has 0 aliphatic rings. The maximum atomic E-state index is 9.80. The molecule has 2 rings (SSSR count). The Labute approximate surface area is 120 Å². The van der Waals surface area contributed by atoms with Gasteiger partial charge in [0.2, 0.25) is 0 Å². The zero-order valence-corrected chi connectivity index (χ0v) is 12.0. The Balaban J connectivity index is 1.70. The lowest BCUT2D eigenvalue weighted by Crippen LogP contribution is -2.22. The Bertz CT molecular complexity index is 473. The number of benzene rings is 1. The molecule has 2 aromatic rings. The van der Waals surface area contributed by atoms with Gasteiger partial charge in [0.25, 0.3) is 0 Å². The van der Waals surface area contributed by atoms with Crippen molar-refractivity contribution in [2.75, 3.05) is 6.61 Å². The fourth-order valence-corrected chi connectivity index (χ4v) is 2.04. The van der Waals surface area contributed by atoms with Crippen molar-refractivity contribution >= 4 is 22.6 Å². The first kappa shape index (κ1) is 13.5. The van der Waals surface area contributed by atoms with Crippen LogP contribution in [0.2, 0.25) is 0 Å². The third-order valence-electron chi connectivity index (χ3n) is 2.42. The highest BCUT2D eigenvalue weighted by atomic mass is 127. The van der Waals surface area contributed by atoms with E-state index in [1.54, 1.807) is 10.9 Å². The van der Waals surface area contributed by atoms with Crippen LogP contribution < -0.4 is 0 Å². The Morgan fingerprint density at radius 2 is 2.11 bits per heavy atom. The second-order valence-electron chi connectivity index (χ2n) is 4.04. The van der Waals surface area contributed by atoms with E-state index in [1.807, 2.05) is 36.5 Å². The second kappa shape index (κ2) is 6.86. The van der Waals surface area contributed by atoms with Crippen LogP contribution in [0.25, 0.3) is 0 Å². The van der Waals surface area contributed by atoms with E-state index < -0.39 is 6.10 Å². The predicted octanol–water partition coefficient (Wildman–Crippen LogP) is 2.07. The topological polar surface area (TPSA) is 47.3 Å². The zero-order valence-electron chi connectivity index (χ0n) is 9.87. The van der Waals surface area contributed by atoms with Crippen LogP contribution in [-0.4, -0.2) is 27.6 Å². The third-order valence-corrected chi connectivity index (χ3v) is 2.98. The van der Waals surface area contributed by atoms with E-state index in [2.05, 4.69) is 27.7 Å². The van der Waals surface area contributed by atoms with Crippen LogP contribution in [0.4, 0.5) is 0 Å². The van der Waals surface area contributed by atoms with Gasteiger partial charge in [-0.05, 0) is 28.2 Å². The predicted molar refractivity (Wildman–Crippen MR) is 77.0 cm³/mol. The number of aromatic nitrogens is 2. The minimum Gasteiger partial charge on any atom is -0.389 e. The highest BCUT2D eigenvalue weighted by molar-refractivity contribution is 14.1. The van der Waals surface area contributed by atoms with Crippen LogP contribution in [-0.2, 0) is 17.9 Å². The van der Waals surface area contributed by atoms with Crippen LogP contribution in [0.1, 0.15) is 5.56 Å². The first-order valence-corrected chi connectivity index (χ1v) is 6.79. The van der Waals surface area contributed by atoms with Gasteiger partial charge < -0.3 is 9.84 Å². The second-order valence-corrected chi connectivity index (χ2v) is 5.28. The van der Waals surface area contributed by atoms with Gasteiger partial charge in [-0.2, -0.15) is 5.10 Å². The van der Waals surface area contributed by atoms with E-state index in [0.717, 1.165) is 9.13 Å². The first-order valence-electron chi connectivity index (χ1n) is 5.72. The summed E-state index contributed by atoms with van der Waals surface area (Å²) < 4.78 is 8.25. The fraction of sp³-hybridized carbons (Fsp3) is 0.308. The van der Waals surface area contributed by atoms with E-state index >= 15 is 0 Å². The normalized spacial score (nSPS) is 12.6. The summed E-state index contributed by atoms with van der Waals surface area (Å²) >= 11 is 2.19. The molecule has 96 valence electrons. The molecule has 0 saturated heterocycles. The Kier molecular flexibility index (Phi) is 5.15. The van der Waals surface area contributed by atoms with Crippen molar-refractivity contribution in [3.8, 4) is 0 Å². The summed E-state index contributed by atoms with van der Waals surface area (Å²) in [5.41, 5.74) is 1.11. The molecule has 0 spiro atoms. The summed E-state index contributed by atoms with van der Waals surface area (Å²) in [6.07, 6.45) is 3.11. The van der Waals surface area contributed by atoms with Gasteiger partial charge in [0.15, 0.2) is 0 Å². The minimum atomic E-state index is -0.538. The molecule has 1 aromatic carbocycles. The molecule has 1 heterocycles. The summed E-state index contributed by atoms with van der Waals surface area (Å²) in [6.45, 7) is 1.29. The molecule has 0 saturated carbocycles. The molecular weight excluding hydrogens is 343 g/mol. The molecule has 0 amide bonds. The molecule has 0 bridgehead atoms. The lowest BCUT2D eigenvalue weighted by atomic mass is 10.2. The summed E-state index contributed by atoms with van der Waals surface area (Å²) in [5, 5.41) is 13.9. The molecule has 0 radical (unpaired) electrons. The van der Waals surface area contributed by atoms with Crippen molar-refractivity contribution < 1.29 is 9.84 Å². The van der Waals surface area contributed by atoms with Crippen molar-refractivity contribution in [2.24, 2.45) is 0 Å². The average Bonchev–Trinajstić information content (AvgIpc) is 2.76. The van der Waals surface area contributed by atoms with Gasteiger partial charge in [0, 0.05) is 6.20 Å². The summed E-state index contributed by atoms with van der Waals surface area (Å²) in [7, 11) is 0. The highest BCUT2D eigenvalue weighted by Crippen LogP contribution is 2.04. The number of ether oxygens (including phenoxy) is 1. The Morgan fingerprint density at radius 1 is 1.33 bits per heavy atom. The number of hydrogen-bond donors (Lipinski definition) is 1. The standard InChI is InChI=1S/C13H15IN2O2/c14-12-6-15-16(7-12)8-13(17)10-18-9-11-4-2-1-3-5-11/h1-7,13,17H,8-10H2. The van der Waals surface area contributed by atoms with Gasteiger partial charge in [0.1, 0.15) is 0 Å². The van der Waals surface area contributed by atoms with Crippen molar-refractivity contribution in [2.45, 2.75) is 19.3 Å². The van der Waals surface area contributed by atoms with Gasteiger partial charge >= 0.3 is 0 Å². The van der Waals surface area contributed by atoms with E-state index in [-0.39, 0.29) is 0 Å². The van der Waals surface area contributed by atoms with Crippen LogP contribution >= 0.6 is 22.6 Å². The smallest absolute Gasteiger partial charge is 0.0969 e. The van der Waals surface area contributed by atoms with E-state index in [9.17, 15) is 5.11 Å². The molecular formula is C13H15IN2O2. The largest absolute Gasteiger partial charge is 0.389 e. The molecule has 0 aliphatic carbocycles. The molecule has 1 atom stereocenters. The maximum Gasteiger partial charge on any atom is 0.0969 e. The van der Waals surface area contributed by atoms with Gasteiger partial charge in [-0.15, -0.1) is 0 Å². The molecule has 5 heteroatoms. The molecule has 1 unspecified atom stereocenters. The molecule has 0 fully saturated rings. The number of aliphatic hydroxyl groups is 1. The van der Waals surface area contributed by atoms with Crippen molar-refractivity contribution in [1.82, 2.24) is 9.78 Å². The van der Waals surface area contributed by atoms with Gasteiger partial charge in [0.05, 0.1) is 35.6 Å². The van der Waals surface area contributed by atoms with Crippen molar-refractivity contribution in [3.63, 3.8) is 0 Å². The van der Waals surface area contributed by atoms with Crippen LogP contribution in [0.3, 0.4) is 0 Å². The fourth-order valence-electron chi connectivity index (χ4n) is 1.59. The zero-order chi connectivity index (χ0) is 12.8. The highest BCUT2D eigenvalue weighted by Gasteiger charge is 2.06. The van der Waals surface area contributed by atoms with E-state index in [0.29, 0.717) is 19.8 Å². The van der Waals surface area contributed by atoms with Crippen LogP contribution in [0.5, 0.6) is 0 Å². The number of aliphatic hydroxyl groups excluding tert-OH is 1. The molecule has 1 N–H and O–H groups in total. The van der Waals surface area contributed by atoms with Gasteiger partial charge in [-0.1, -0.05) is 30.3 Å². The average molecular weight is 358 g/mol. The SMILES string of the molecule is OC(COCc1ccccc1)Cn1cc(I)cn1. The number of hydrogen-bond acceptors (Lipinski definition) is 3. The number of rotatable bonds is 6. The Hall–Kier alpha value is -0.920. The lowest BCUT2D eigenvalue weighted by molar-refractivity contribution is 0.0187. The van der Waals surface area contributed by atoms with Gasteiger partial charge in [-0.25, -0.2) is 0 Å². The van der Waals surface area contributed by atoms with Crippen molar-refractivity contribution in [1.29, 1.82) is 0 Å². The van der Waals surface area contributed by atoms with E-state index in [4.69, 9.17) is 4.74 Å². The molecule has 0 aliphatic heterocycles. The van der Waals surface area contributed by atoms with Gasteiger partial charge in [-0.3, -0.25) is 4.68 Å².